The molecular weight excluding hydrogens is 264 g/mol. The quantitative estimate of drug-likeness (QED) is 0.934. The Morgan fingerprint density at radius 1 is 1.19 bits per heavy atom. The lowest BCUT2D eigenvalue weighted by molar-refractivity contribution is 0.398. The molecule has 0 fully saturated rings. The molecule has 5 nitrogen and oxygen atoms in total. The van der Waals surface area contributed by atoms with E-state index in [0.717, 1.165) is 29.4 Å². The fourth-order valence-corrected chi connectivity index (χ4v) is 1.85. The molecule has 0 saturated carbocycles. The first-order chi connectivity index (χ1) is 9.94. The molecule has 0 aliphatic carbocycles. The topological polar surface area (TPSA) is 59.9 Å². The van der Waals surface area contributed by atoms with Crippen molar-refractivity contribution < 1.29 is 4.74 Å². The van der Waals surface area contributed by atoms with Crippen molar-refractivity contribution in [1.82, 2.24) is 15.0 Å². The fourth-order valence-electron chi connectivity index (χ4n) is 1.85. The van der Waals surface area contributed by atoms with Crippen LogP contribution in [0.25, 0.3) is 11.3 Å². The van der Waals surface area contributed by atoms with E-state index in [-0.39, 0.29) is 5.41 Å². The molecule has 2 rings (SSSR count). The van der Waals surface area contributed by atoms with E-state index in [1.807, 2.05) is 25.1 Å². The minimum Gasteiger partial charge on any atom is -0.481 e. The zero-order valence-electron chi connectivity index (χ0n) is 13.3. The number of hydrogen-bond donors (Lipinski definition) is 1. The van der Waals surface area contributed by atoms with E-state index in [1.165, 1.54) is 0 Å². The van der Waals surface area contributed by atoms with Crippen molar-refractivity contribution in [2.75, 3.05) is 19.0 Å². The molecule has 0 spiro atoms. The summed E-state index contributed by atoms with van der Waals surface area (Å²) in [7, 11) is 1.60. The molecule has 112 valence electrons. The van der Waals surface area contributed by atoms with Gasteiger partial charge in [-0.15, -0.1) is 0 Å². The molecular formula is C16H22N4O. The normalized spacial score (nSPS) is 11.3. The van der Waals surface area contributed by atoms with Crippen LogP contribution in [0.15, 0.2) is 24.4 Å². The molecule has 1 N–H and O–H groups in total. The van der Waals surface area contributed by atoms with Crippen LogP contribution in [0, 0.1) is 0 Å². The molecule has 0 amide bonds. The summed E-state index contributed by atoms with van der Waals surface area (Å²) in [5.41, 5.74) is 1.70. The summed E-state index contributed by atoms with van der Waals surface area (Å²) in [4.78, 5) is 13.5. The van der Waals surface area contributed by atoms with Gasteiger partial charge in [0.25, 0.3) is 0 Å². The standard InChI is InChI=1S/C16H22N4O/c1-6-17-13-9-12(19-15(20-13)16(2,3)4)11-7-8-14(21-5)18-10-11/h7-10H,6H2,1-5H3,(H,17,19,20). The van der Waals surface area contributed by atoms with Crippen LogP contribution in [0.5, 0.6) is 5.88 Å². The van der Waals surface area contributed by atoms with E-state index >= 15 is 0 Å². The first-order valence-electron chi connectivity index (χ1n) is 7.08. The van der Waals surface area contributed by atoms with Gasteiger partial charge in [-0.3, -0.25) is 0 Å². The number of aromatic nitrogens is 3. The van der Waals surface area contributed by atoms with Gasteiger partial charge in [-0.2, -0.15) is 0 Å². The second-order valence-corrected chi connectivity index (χ2v) is 5.83. The maximum atomic E-state index is 5.09. The van der Waals surface area contributed by atoms with Gasteiger partial charge in [0.05, 0.1) is 12.8 Å². The third-order valence-corrected chi connectivity index (χ3v) is 3.00. The van der Waals surface area contributed by atoms with Crippen molar-refractivity contribution in [3.63, 3.8) is 0 Å². The molecule has 21 heavy (non-hydrogen) atoms. The third kappa shape index (κ3) is 3.68. The summed E-state index contributed by atoms with van der Waals surface area (Å²) in [6.45, 7) is 9.19. The number of methoxy groups -OCH3 is 1. The van der Waals surface area contributed by atoms with Crippen LogP contribution in [-0.2, 0) is 5.41 Å². The summed E-state index contributed by atoms with van der Waals surface area (Å²) in [5.74, 6) is 2.24. The van der Waals surface area contributed by atoms with Gasteiger partial charge in [-0.25, -0.2) is 15.0 Å². The smallest absolute Gasteiger partial charge is 0.212 e. The monoisotopic (exact) mass is 286 g/mol. The number of rotatable bonds is 4. The van der Waals surface area contributed by atoms with E-state index < -0.39 is 0 Å². The lowest BCUT2D eigenvalue weighted by Crippen LogP contribution is -2.17. The van der Waals surface area contributed by atoms with Crippen molar-refractivity contribution in [2.45, 2.75) is 33.1 Å². The molecule has 2 aromatic rings. The Morgan fingerprint density at radius 2 is 1.95 bits per heavy atom. The van der Waals surface area contributed by atoms with Gasteiger partial charge in [-0.1, -0.05) is 20.8 Å². The lowest BCUT2D eigenvalue weighted by atomic mass is 9.95. The van der Waals surface area contributed by atoms with E-state index in [1.54, 1.807) is 13.3 Å². The molecule has 0 saturated heterocycles. The van der Waals surface area contributed by atoms with Crippen LogP contribution in [-0.4, -0.2) is 28.6 Å². The number of nitrogens with one attached hydrogen (secondary N) is 1. The molecule has 0 aliphatic rings. The SMILES string of the molecule is CCNc1cc(-c2ccc(OC)nc2)nc(C(C)(C)C)n1. The molecule has 2 aromatic heterocycles. The predicted octanol–water partition coefficient (Wildman–Crippen LogP) is 3.28. The largest absolute Gasteiger partial charge is 0.481 e. The van der Waals surface area contributed by atoms with Crippen LogP contribution in [0.4, 0.5) is 5.82 Å². The van der Waals surface area contributed by atoms with E-state index in [0.29, 0.717) is 5.88 Å². The molecule has 0 atom stereocenters. The average molecular weight is 286 g/mol. The Labute approximate surface area is 125 Å². The number of ether oxygens (including phenoxy) is 1. The highest BCUT2D eigenvalue weighted by molar-refractivity contribution is 5.62. The Hall–Kier alpha value is -2.17. The van der Waals surface area contributed by atoms with Crippen molar-refractivity contribution in [1.29, 1.82) is 0 Å². The Bertz CT molecular complexity index is 603. The van der Waals surface area contributed by atoms with Crippen molar-refractivity contribution >= 4 is 5.82 Å². The summed E-state index contributed by atoms with van der Waals surface area (Å²) in [6, 6.07) is 5.74. The van der Waals surface area contributed by atoms with Gasteiger partial charge in [0.15, 0.2) is 0 Å². The van der Waals surface area contributed by atoms with Crippen LogP contribution in [0.2, 0.25) is 0 Å². The van der Waals surface area contributed by atoms with Gasteiger partial charge in [0.1, 0.15) is 11.6 Å². The lowest BCUT2D eigenvalue weighted by Gasteiger charge is -2.19. The Balaban J connectivity index is 2.48. The maximum absolute atomic E-state index is 5.09. The predicted molar refractivity (Wildman–Crippen MR) is 84.7 cm³/mol. The van der Waals surface area contributed by atoms with Gasteiger partial charge < -0.3 is 10.1 Å². The molecule has 0 bridgehead atoms. The van der Waals surface area contributed by atoms with E-state index in [2.05, 4.69) is 41.0 Å². The summed E-state index contributed by atoms with van der Waals surface area (Å²) in [5, 5.41) is 3.26. The second kappa shape index (κ2) is 6.08. The van der Waals surface area contributed by atoms with Gasteiger partial charge in [0.2, 0.25) is 5.88 Å². The average Bonchev–Trinajstić information content (AvgIpc) is 2.46. The fraction of sp³-hybridized carbons (Fsp3) is 0.438. The molecule has 2 heterocycles. The highest BCUT2D eigenvalue weighted by Gasteiger charge is 2.19. The molecule has 5 heteroatoms. The van der Waals surface area contributed by atoms with Crippen LogP contribution >= 0.6 is 0 Å². The number of nitrogens with zero attached hydrogens (tertiary/aromatic N) is 3. The Kier molecular flexibility index (Phi) is 4.40. The van der Waals surface area contributed by atoms with Gasteiger partial charge in [0, 0.05) is 35.9 Å². The van der Waals surface area contributed by atoms with Crippen LogP contribution < -0.4 is 10.1 Å². The molecule has 0 aromatic carbocycles. The molecule has 0 radical (unpaired) electrons. The minimum absolute atomic E-state index is 0.111. The first kappa shape index (κ1) is 15.2. The second-order valence-electron chi connectivity index (χ2n) is 5.83. The van der Waals surface area contributed by atoms with Crippen molar-refractivity contribution in [3.8, 4) is 17.1 Å². The van der Waals surface area contributed by atoms with Crippen molar-refractivity contribution in [2.24, 2.45) is 0 Å². The zero-order valence-corrected chi connectivity index (χ0v) is 13.3. The van der Waals surface area contributed by atoms with E-state index in [9.17, 15) is 0 Å². The Morgan fingerprint density at radius 3 is 2.48 bits per heavy atom. The highest BCUT2D eigenvalue weighted by atomic mass is 16.5. The summed E-state index contributed by atoms with van der Waals surface area (Å²) in [6.07, 6.45) is 1.77. The van der Waals surface area contributed by atoms with Crippen LogP contribution in [0.1, 0.15) is 33.5 Å². The number of pyridine rings is 1. The number of hydrogen-bond acceptors (Lipinski definition) is 5. The van der Waals surface area contributed by atoms with E-state index in [4.69, 9.17) is 4.74 Å². The summed E-state index contributed by atoms with van der Waals surface area (Å²) < 4.78 is 5.09. The third-order valence-electron chi connectivity index (χ3n) is 3.00. The van der Waals surface area contributed by atoms with Crippen LogP contribution in [0.3, 0.4) is 0 Å². The highest BCUT2D eigenvalue weighted by Crippen LogP contribution is 2.25. The summed E-state index contributed by atoms with van der Waals surface area (Å²) >= 11 is 0. The molecule has 0 aliphatic heterocycles. The van der Waals surface area contributed by atoms with Gasteiger partial charge in [-0.05, 0) is 13.0 Å². The minimum atomic E-state index is -0.111. The number of anilines is 1. The van der Waals surface area contributed by atoms with Crippen molar-refractivity contribution in [3.05, 3.63) is 30.2 Å². The first-order valence-corrected chi connectivity index (χ1v) is 7.08. The zero-order chi connectivity index (χ0) is 15.5. The molecule has 0 unspecified atom stereocenters. The van der Waals surface area contributed by atoms with Gasteiger partial charge >= 0.3 is 0 Å². The maximum Gasteiger partial charge on any atom is 0.212 e.